The Morgan fingerprint density at radius 2 is 0.567 bits per heavy atom. The van der Waals surface area contributed by atoms with Gasteiger partial charge in [-0.2, -0.15) is 0 Å². The fourth-order valence-electron chi connectivity index (χ4n) is 8.33. The number of aromatic nitrogens is 1. The lowest BCUT2D eigenvalue weighted by atomic mass is 9.83. The summed E-state index contributed by atoms with van der Waals surface area (Å²) in [7, 11) is 0. The van der Waals surface area contributed by atoms with E-state index in [1.54, 1.807) is 0 Å². The van der Waals surface area contributed by atoms with E-state index in [0.29, 0.717) is 0 Å². The minimum Gasteiger partial charge on any atom is -0.248 e. The number of rotatable bonds is 9. The first-order valence-electron chi connectivity index (χ1n) is 20.5. The molecule has 0 aliphatic rings. The van der Waals surface area contributed by atoms with Gasteiger partial charge in [0.1, 0.15) is 0 Å². The number of benzene rings is 9. The predicted octanol–water partition coefficient (Wildman–Crippen LogP) is 16.1. The molecule has 0 atom stereocenters. The van der Waals surface area contributed by atoms with Crippen LogP contribution in [0, 0.1) is 0 Å². The molecule has 0 N–H and O–H groups in total. The first-order chi connectivity index (χ1) is 29.7. The summed E-state index contributed by atoms with van der Waals surface area (Å²) < 4.78 is 0. The SMILES string of the molecule is c1ccc(-c2ccc(-c3cccc(-c4c(-c5ccccc5)cc(-c5ccccc5)cc4-c4cc(-c5ccccc5)nc(-c5ccccc5)c4)c3)c(-c3ccccc3)c2)cc1. The molecule has 1 nitrogen and oxygen atoms in total. The van der Waals surface area contributed by atoms with Crippen molar-refractivity contribution < 1.29 is 0 Å². The largest absolute Gasteiger partial charge is 0.248 e. The third-order valence-electron chi connectivity index (χ3n) is 11.3. The van der Waals surface area contributed by atoms with Crippen LogP contribution in [0.5, 0.6) is 0 Å². The van der Waals surface area contributed by atoms with Crippen LogP contribution in [0.15, 0.2) is 249 Å². The van der Waals surface area contributed by atoms with Gasteiger partial charge in [0.25, 0.3) is 0 Å². The summed E-state index contributed by atoms with van der Waals surface area (Å²) in [6.07, 6.45) is 0. The van der Waals surface area contributed by atoms with Crippen LogP contribution in [0.3, 0.4) is 0 Å². The van der Waals surface area contributed by atoms with Crippen molar-refractivity contribution in [3.63, 3.8) is 0 Å². The van der Waals surface area contributed by atoms with E-state index in [1.165, 1.54) is 44.5 Å². The summed E-state index contributed by atoms with van der Waals surface area (Å²) in [5, 5.41) is 0. The molecule has 0 aliphatic carbocycles. The Hall–Kier alpha value is -7.87. The quantitative estimate of drug-likeness (QED) is 0.143. The zero-order valence-corrected chi connectivity index (χ0v) is 33.1. The minimum atomic E-state index is 0.934. The van der Waals surface area contributed by atoms with Crippen molar-refractivity contribution in [2.75, 3.05) is 0 Å². The fourth-order valence-corrected chi connectivity index (χ4v) is 8.33. The molecular formula is C59H41N. The van der Waals surface area contributed by atoms with Crippen molar-refractivity contribution in [2.24, 2.45) is 0 Å². The predicted molar refractivity (Wildman–Crippen MR) is 253 cm³/mol. The summed E-state index contributed by atoms with van der Waals surface area (Å²) in [4.78, 5) is 5.28. The molecule has 10 aromatic rings. The third-order valence-corrected chi connectivity index (χ3v) is 11.3. The van der Waals surface area contributed by atoms with Gasteiger partial charge < -0.3 is 0 Å². The average molecular weight is 764 g/mol. The molecule has 1 heterocycles. The Morgan fingerprint density at radius 1 is 0.183 bits per heavy atom. The van der Waals surface area contributed by atoms with Crippen molar-refractivity contribution >= 4 is 0 Å². The summed E-state index contributed by atoms with van der Waals surface area (Å²) in [5.74, 6) is 0. The molecule has 0 bridgehead atoms. The van der Waals surface area contributed by atoms with Crippen molar-refractivity contribution in [1.29, 1.82) is 0 Å². The Morgan fingerprint density at radius 3 is 1.08 bits per heavy atom. The monoisotopic (exact) mass is 763 g/mol. The van der Waals surface area contributed by atoms with Crippen LogP contribution in [-0.2, 0) is 0 Å². The standard InChI is InChI=1S/C59H41N/c1-7-20-42(21-8-1)48-34-35-53(54(37-48)44-24-11-3-12-25-44)49-32-19-33-50(36-49)59-55(45-26-13-4-14-27-45)38-51(43-22-9-2-10-23-43)39-56(59)52-40-57(46-28-15-5-16-29-46)60-58(41-52)47-30-17-6-18-31-47/h1-41H. The number of pyridine rings is 1. The maximum atomic E-state index is 5.28. The van der Waals surface area contributed by atoms with Gasteiger partial charge in [0.05, 0.1) is 11.4 Å². The Bertz CT molecular complexity index is 2970. The van der Waals surface area contributed by atoms with Crippen LogP contribution in [0.4, 0.5) is 0 Å². The van der Waals surface area contributed by atoms with Crippen LogP contribution in [0.25, 0.3) is 100 Å². The van der Waals surface area contributed by atoms with E-state index in [1.807, 2.05) is 0 Å². The highest BCUT2D eigenvalue weighted by atomic mass is 14.7. The zero-order chi connectivity index (χ0) is 40.1. The van der Waals surface area contributed by atoms with Gasteiger partial charge >= 0.3 is 0 Å². The molecule has 0 saturated carbocycles. The third kappa shape index (κ3) is 7.49. The molecule has 10 rings (SSSR count). The van der Waals surface area contributed by atoms with Gasteiger partial charge in [-0.25, -0.2) is 4.98 Å². The number of hydrogen-bond acceptors (Lipinski definition) is 1. The lowest BCUT2D eigenvalue weighted by molar-refractivity contribution is 1.32. The Kier molecular flexibility index (Phi) is 10.1. The molecule has 1 heteroatoms. The highest BCUT2D eigenvalue weighted by Gasteiger charge is 2.20. The maximum Gasteiger partial charge on any atom is 0.0715 e. The van der Waals surface area contributed by atoms with Crippen molar-refractivity contribution in [2.45, 2.75) is 0 Å². The molecule has 0 radical (unpaired) electrons. The van der Waals surface area contributed by atoms with E-state index in [4.69, 9.17) is 4.98 Å². The summed E-state index contributed by atoms with van der Waals surface area (Å²) in [6.45, 7) is 0. The lowest BCUT2D eigenvalue weighted by Gasteiger charge is -2.21. The van der Waals surface area contributed by atoms with Gasteiger partial charge in [-0.3, -0.25) is 0 Å². The molecule has 0 saturated heterocycles. The van der Waals surface area contributed by atoms with Crippen molar-refractivity contribution in [3.05, 3.63) is 249 Å². The van der Waals surface area contributed by atoms with Crippen LogP contribution < -0.4 is 0 Å². The molecule has 0 aliphatic heterocycles. The van der Waals surface area contributed by atoms with E-state index < -0.39 is 0 Å². The number of hydrogen-bond donors (Lipinski definition) is 0. The van der Waals surface area contributed by atoms with Crippen LogP contribution in [-0.4, -0.2) is 4.98 Å². The van der Waals surface area contributed by atoms with Gasteiger partial charge in [-0.05, 0) is 114 Å². The molecular weight excluding hydrogens is 723 g/mol. The molecule has 60 heavy (non-hydrogen) atoms. The second kappa shape index (κ2) is 16.5. The topological polar surface area (TPSA) is 12.9 Å². The van der Waals surface area contributed by atoms with Gasteiger partial charge in [0, 0.05) is 11.1 Å². The highest BCUT2D eigenvalue weighted by Crippen LogP contribution is 2.46. The molecule has 0 unspecified atom stereocenters. The highest BCUT2D eigenvalue weighted by molar-refractivity contribution is 6.00. The van der Waals surface area contributed by atoms with Crippen LogP contribution >= 0.6 is 0 Å². The van der Waals surface area contributed by atoms with Gasteiger partial charge in [0.2, 0.25) is 0 Å². The van der Waals surface area contributed by atoms with Gasteiger partial charge in [0.15, 0.2) is 0 Å². The van der Waals surface area contributed by atoms with E-state index in [-0.39, 0.29) is 0 Å². The summed E-state index contributed by atoms with van der Waals surface area (Å²) in [5.41, 5.74) is 20.4. The fraction of sp³-hybridized carbons (Fsp3) is 0. The van der Waals surface area contributed by atoms with Crippen LogP contribution in [0.2, 0.25) is 0 Å². The molecule has 9 aromatic carbocycles. The van der Waals surface area contributed by atoms with E-state index in [2.05, 4.69) is 249 Å². The minimum absolute atomic E-state index is 0.934. The van der Waals surface area contributed by atoms with Gasteiger partial charge in [-0.1, -0.05) is 212 Å². The molecule has 0 fully saturated rings. The Balaban J connectivity index is 1.25. The molecule has 0 amide bonds. The van der Waals surface area contributed by atoms with Crippen LogP contribution in [0.1, 0.15) is 0 Å². The van der Waals surface area contributed by atoms with E-state index >= 15 is 0 Å². The van der Waals surface area contributed by atoms with Crippen molar-refractivity contribution in [1.82, 2.24) is 4.98 Å². The summed E-state index contributed by atoms with van der Waals surface area (Å²) >= 11 is 0. The second-order valence-electron chi connectivity index (χ2n) is 15.1. The Labute approximate surface area is 352 Å². The molecule has 1 aromatic heterocycles. The molecule has 0 spiro atoms. The average Bonchev–Trinajstić information content (AvgIpc) is 3.35. The van der Waals surface area contributed by atoms with E-state index in [0.717, 1.165) is 55.9 Å². The molecule has 282 valence electrons. The van der Waals surface area contributed by atoms with Crippen molar-refractivity contribution in [3.8, 4) is 100 Å². The zero-order valence-electron chi connectivity index (χ0n) is 33.1. The summed E-state index contributed by atoms with van der Waals surface area (Å²) in [6, 6.07) is 89.3. The number of nitrogens with zero attached hydrogens (tertiary/aromatic N) is 1. The first-order valence-corrected chi connectivity index (χ1v) is 20.5. The normalized spacial score (nSPS) is 11.0. The maximum absolute atomic E-state index is 5.28. The van der Waals surface area contributed by atoms with Gasteiger partial charge in [-0.15, -0.1) is 0 Å². The smallest absolute Gasteiger partial charge is 0.0715 e. The second-order valence-corrected chi connectivity index (χ2v) is 15.1. The van der Waals surface area contributed by atoms with E-state index in [9.17, 15) is 0 Å². The lowest BCUT2D eigenvalue weighted by Crippen LogP contribution is -1.96. The first kappa shape index (κ1) is 36.5.